The maximum atomic E-state index is 13.0. The van der Waals surface area contributed by atoms with E-state index in [2.05, 4.69) is 15.9 Å². The lowest BCUT2D eigenvalue weighted by Gasteiger charge is -2.12. The number of benzene rings is 3. The van der Waals surface area contributed by atoms with Crippen LogP contribution in [0.25, 0.3) is 6.08 Å². The van der Waals surface area contributed by atoms with Gasteiger partial charge in [-0.1, -0.05) is 39.8 Å². The fraction of sp³-hybridized carbons (Fsp3) is 0.0455. The van der Waals surface area contributed by atoms with E-state index in [1.165, 1.54) is 17.8 Å². The standard InChI is InChI=1S/C22H11BrF3NO4S/c23-14-6-8-17(31-18-7-5-13(22(24,25)26)11-16(18)27(29)30)12(9-14)10-20-21(28)15-3-1-2-4-19(15)32-20/h1-11H/b20-10-. The van der Waals surface area contributed by atoms with Crippen LogP contribution in [0.15, 0.2) is 74.9 Å². The van der Waals surface area contributed by atoms with Crippen LogP contribution in [-0.2, 0) is 6.18 Å². The lowest BCUT2D eigenvalue weighted by molar-refractivity contribution is -0.385. The average molecular weight is 522 g/mol. The normalized spacial score (nSPS) is 14.5. The molecule has 0 fully saturated rings. The number of allylic oxidation sites excluding steroid dienone is 1. The van der Waals surface area contributed by atoms with E-state index < -0.39 is 22.4 Å². The number of carbonyl (C=O) groups excluding carboxylic acids is 1. The van der Waals surface area contributed by atoms with Crippen LogP contribution in [0.5, 0.6) is 11.5 Å². The van der Waals surface area contributed by atoms with Gasteiger partial charge in [-0.3, -0.25) is 14.9 Å². The van der Waals surface area contributed by atoms with Crippen LogP contribution in [0.3, 0.4) is 0 Å². The number of hydrogen-bond acceptors (Lipinski definition) is 5. The molecule has 0 unspecified atom stereocenters. The zero-order chi connectivity index (χ0) is 23.0. The highest BCUT2D eigenvalue weighted by molar-refractivity contribution is 9.10. The molecular formula is C22H11BrF3NO4S. The Balaban J connectivity index is 1.73. The third-order valence-corrected chi connectivity index (χ3v) is 6.13. The van der Waals surface area contributed by atoms with Crippen LogP contribution < -0.4 is 4.74 Å². The van der Waals surface area contributed by atoms with Gasteiger partial charge in [-0.25, -0.2) is 0 Å². The molecule has 0 N–H and O–H groups in total. The Morgan fingerprint density at radius 3 is 2.44 bits per heavy atom. The predicted octanol–water partition coefficient (Wildman–Crippen LogP) is 7.50. The number of carbonyl (C=O) groups is 1. The number of alkyl halides is 3. The van der Waals surface area contributed by atoms with Crippen molar-refractivity contribution in [2.75, 3.05) is 0 Å². The first kappa shape index (κ1) is 22.1. The van der Waals surface area contributed by atoms with E-state index in [1.54, 1.807) is 30.3 Å². The Morgan fingerprint density at radius 1 is 1.03 bits per heavy atom. The molecule has 162 valence electrons. The Labute approximate surface area is 192 Å². The van der Waals surface area contributed by atoms with Crippen LogP contribution in [0.2, 0.25) is 0 Å². The lowest BCUT2D eigenvalue weighted by atomic mass is 10.1. The Hall–Kier alpha value is -3.11. The number of halogens is 4. The molecule has 1 aliphatic rings. The topological polar surface area (TPSA) is 69.4 Å². The summed E-state index contributed by atoms with van der Waals surface area (Å²) in [7, 11) is 0. The molecule has 3 aromatic carbocycles. The summed E-state index contributed by atoms with van der Waals surface area (Å²) in [6, 6.07) is 13.9. The molecule has 0 aromatic heterocycles. The molecule has 0 aliphatic carbocycles. The van der Waals surface area contributed by atoms with Gasteiger partial charge in [-0.2, -0.15) is 13.2 Å². The summed E-state index contributed by atoms with van der Waals surface area (Å²) < 4.78 is 45.2. The van der Waals surface area contributed by atoms with Gasteiger partial charge in [0.2, 0.25) is 11.5 Å². The third-order valence-electron chi connectivity index (χ3n) is 4.54. The Bertz CT molecular complexity index is 1290. The molecule has 10 heteroatoms. The zero-order valence-electron chi connectivity index (χ0n) is 15.9. The molecule has 4 rings (SSSR count). The van der Waals surface area contributed by atoms with Crippen molar-refractivity contribution in [3.05, 3.63) is 96.8 Å². The van der Waals surface area contributed by atoms with E-state index in [1.807, 2.05) is 12.1 Å². The average Bonchev–Trinajstić information content (AvgIpc) is 3.05. The van der Waals surface area contributed by atoms with Gasteiger partial charge in [0, 0.05) is 26.6 Å². The second kappa shape index (κ2) is 8.44. The molecule has 0 bridgehead atoms. The molecule has 32 heavy (non-hydrogen) atoms. The van der Waals surface area contributed by atoms with E-state index in [9.17, 15) is 28.1 Å². The van der Waals surface area contributed by atoms with Crippen molar-refractivity contribution in [3.63, 3.8) is 0 Å². The summed E-state index contributed by atoms with van der Waals surface area (Å²) in [4.78, 5) is 24.4. The Morgan fingerprint density at radius 2 is 1.75 bits per heavy atom. The summed E-state index contributed by atoms with van der Waals surface area (Å²) in [5.41, 5.74) is -0.975. The minimum atomic E-state index is -4.73. The van der Waals surface area contributed by atoms with Crippen molar-refractivity contribution >= 4 is 45.2 Å². The van der Waals surface area contributed by atoms with Gasteiger partial charge >= 0.3 is 11.9 Å². The number of nitrogens with zero attached hydrogens (tertiary/aromatic N) is 1. The first-order chi connectivity index (χ1) is 15.1. The largest absolute Gasteiger partial charge is 0.449 e. The van der Waals surface area contributed by atoms with Crippen LogP contribution in [-0.4, -0.2) is 10.7 Å². The maximum Gasteiger partial charge on any atom is 0.416 e. The van der Waals surface area contributed by atoms with E-state index >= 15 is 0 Å². The van der Waals surface area contributed by atoms with Gasteiger partial charge in [0.25, 0.3) is 0 Å². The summed E-state index contributed by atoms with van der Waals surface area (Å²) in [6.45, 7) is 0. The number of nitro benzene ring substituents is 1. The summed E-state index contributed by atoms with van der Waals surface area (Å²) in [5, 5.41) is 11.4. The predicted molar refractivity (Wildman–Crippen MR) is 117 cm³/mol. The Kier molecular flexibility index (Phi) is 5.83. The number of hydrogen-bond donors (Lipinski definition) is 0. The van der Waals surface area contributed by atoms with Crippen molar-refractivity contribution in [1.29, 1.82) is 0 Å². The number of fused-ring (bicyclic) bond motifs is 1. The number of thioether (sulfide) groups is 1. The summed E-state index contributed by atoms with van der Waals surface area (Å²) in [5.74, 6) is -0.372. The van der Waals surface area contributed by atoms with Crippen molar-refractivity contribution in [2.45, 2.75) is 11.1 Å². The monoisotopic (exact) mass is 521 g/mol. The third kappa shape index (κ3) is 4.42. The highest BCUT2D eigenvalue weighted by atomic mass is 79.9. The van der Waals surface area contributed by atoms with Gasteiger partial charge in [-0.05, 0) is 48.5 Å². The molecule has 1 heterocycles. The number of Topliss-reactive ketones (excluding diaryl/α,β-unsaturated/α-hetero) is 1. The van der Waals surface area contributed by atoms with Crippen LogP contribution >= 0.6 is 27.7 Å². The fourth-order valence-corrected chi connectivity index (χ4v) is 4.46. The van der Waals surface area contributed by atoms with E-state index in [0.29, 0.717) is 32.6 Å². The van der Waals surface area contributed by atoms with Crippen LogP contribution in [0.1, 0.15) is 21.5 Å². The van der Waals surface area contributed by atoms with Gasteiger partial charge in [0.1, 0.15) is 5.75 Å². The van der Waals surface area contributed by atoms with Gasteiger partial charge in [0.05, 0.1) is 15.4 Å². The quantitative estimate of drug-likeness (QED) is 0.202. The highest BCUT2D eigenvalue weighted by Gasteiger charge is 2.33. The molecule has 0 atom stereocenters. The van der Waals surface area contributed by atoms with Crippen molar-refractivity contribution < 1.29 is 27.6 Å². The summed E-state index contributed by atoms with van der Waals surface area (Å²) in [6.07, 6.45) is -3.14. The first-order valence-corrected chi connectivity index (χ1v) is 10.6. The molecule has 0 spiro atoms. The van der Waals surface area contributed by atoms with E-state index in [0.717, 1.165) is 11.0 Å². The van der Waals surface area contributed by atoms with Gasteiger partial charge in [0.15, 0.2) is 0 Å². The molecule has 5 nitrogen and oxygen atoms in total. The van der Waals surface area contributed by atoms with Gasteiger partial charge < -0.3 is 4.74 Å². The number of ether oxygens (including phenoxy) is 1. The maximum absolute atomic E-state index is 13.0. The van der Waals surface area contributed by atoms with Crippen LogP contribution in [0.4, 0.5) is 18.9 Å². The minimum Gasteiger partial charge on any atom is -0.449 e. The molecule has 3 aromatic rings. The number of nitro groups is 1. The van der Waals surface area contributed by atoms with Crippen molar-refractivity contribution in [3.8, 4) is 11.5 Å². The van der Waals surface area contributed by atoms with Crippen molar-refractivity contribution in [2.24, 2.45) is 0 Å². The molecule has 0 amide bonds. The second-order valence-electron chi connectivity index (χ2n) is 6.66. The highest BCUT2D eigenvalue weighted by Crippen LogP contribution is 2.43. The fourth-order valence-electron chi connectivity index (χ4n) is 3.04. The number of ketones is 1. The molecular weight excluding hydrogens is 511 g/mol. The smallest absolute Gasteiger partial charge is 0.416 e. The molecule has 0 saturated carbocycles. The van der Waals surface area contributed by atoms with Crippen molar-refractivity contribution in [1.82, 2.24) is 0 Å². The second-order valence-corrected chi connectivity index (χ2v) is 8.66. The number of rotatable bonds is 4. The van der Waals surface area contributed by atoms with Crippen LogP contribution in [0, 0.1) is 10.1 Å². The lowest BCUT2D eigenvalue weighted by Crippen LogP contribution is -2.06. The SMILES string of the molecule is O=C1/C(=C/c2cc(Br)ccc2Oc2ccc(C(F)(F)F)cc2[N+](=O)[O-])Sc2ccccc21. The van der Waals surface area contributed by atoms with Gasteiger partial charge in [-0.15, -0.1) is 0 Å². The minimum absolute atomic E-state index is 0.146. The van der Waals surface area contributed by atoms with E-state index in [-0.39, 0.29) is 17.3 Å². The summed E-state index contributed by atoms with van der Waals surface area (Å²) >= 11 is 4.61. The van der Waals surface area contributed by atoms with E-state index in [4.69, 9.17) is 4.74 Å². The first-order valence-electron chi connectivity index (χ1n) is 9.00. The molecule has 1 aliphatic heterocycles. The molecule has 0 radical (unpaired) electrons. The zero-order valence-corrected chi connectivity index (χ0v) is 18.3. The molecule has 0 saturated heterocycles.